The second kappa shape index (κ2) is 5.64. The summed E-state index contributed by atoms with van der Waals surface area (Å²) in [7, 11) is 0. The van der Waals surface area contributed by atoms with Crippen LogP contribution in [-0.4, -0.2) is 9.85 Å². The molecule has 0 unspecified atom stereocenters. The van der Waals surface area contributed by atoms with Crippen LogP contribution in [0, 0.1) is 27.2 Å². The molecule has 0 bridgehead atoms. The Morgan fingerprint density at radius 2 is 1.38 bits per heavy atom. The monoisotopic (exact) mass is 227 g/mol. The van der Waals surface area contributed by atoms with Crippen LogP contribution in [0.5, 0.6) is 0 Å². The molecular formula is C9H13N3O4. The number of rotatable bonds is 2. The van der Waals surface area contributed by atoms with Crippen LogP contribution in [0.25, 0.3) is 0 Å². The molecule has 0 aliphatic heterocycles. The van der Waals surface area contributed by atoms with E-state index in [0.29, 0.717) is 5.56 Å². The first-order chi connectivity index (χ1) is 7.43. The van der Waals surface area contributed by atoms with Crippen LogP contribution in [0.3, 0.4) is 0 Å². The predicted octanol–water partition coefficient (Wildman–Crippen LogP) is 2.42. The van der Waals surface area contributed by atoms with E-state index in [1.807, 2.05) is 13.8 Å². The summed E-state index contributed by atoms with van der Waals surface area (Å²) in [6, 6.07) is 2.39. The van der Waals surface area contributed by atoms with Crippen molar-refractivity contribution in [1.82, 2.24) is 0 Å². The molecule has 0 atom stereocenters. The summed E-state index contributed by atoms with van der Waals surface area (Å²) in [6.45, 7) is 5.53. The zero-order valence-electron chi connectivity index (χ0n) is 9.26. The maximum absolute atomic E-state index is 10.5. The van der Waals surface area contributed by atoms with Crippen molar-refractivity contribution in [2.75, 3.05) is 5.73 Å². The number of anilines is 1. The van der Waals surface area contributed by atoms with Crippen LogP contribution < -0.4 is 5.73 Å². The Hall–Kier alpha value is -2.18. The molecule has 1 aromatic rings. The Morgan fingerprint density at radius 3 is 1.62 bits per heavy atom. The minimum atomic E-state index is -0.741. The van der Waals surface area contributed by atoms with E-state index < -0.39 is 26.9 Å². The van der Waals surface area contributed by atoms with Crippen LogP contribution >= 0.6 is 0 Å². The Kier molecular flexibility index (Phi) is 4.87. The fourth-order valence-electron chi connectivity index (χ4n) is 1.06. The predicted molar refractivity (Wildman–Crippen MR) is 60.2 cm³/mol. The van der Waals surface area contributed by atoms with Crippen molar-refractivity contribution in [1.29, 1.82) is 0 Å². The van der Waals surface area contributed by atoms with Gasteiger partial charge < -0.3 is 5.73 Å². The van der Waals surface area contributed by atoms with Gasteiger partial charge in [-0.05, 0) is 12.5 Å². The lowest BCUT2D eigenvalue weighted by atomic mass is 10.1. The number of nitro groups is 2. The van der Waals surface area contributed by atoms with Crippen molar-refractivity contribution in [3.05, 3.63) is 37.9 Å². The molecule has 0 radical (unpaired) electrons. The van der Waals surface area contributed by atoms with Gasteiger partial charge in [0.25, 0.3) is 11.4 Å². The van der Waals surface area contributed by atoms with Gasteiger partial charge in [0.05, 0.1) is 9.85 Å². The third-order valence-electron chi connectivity index (χ3n) is 1.67. The largest absolute Gasteiger partial charge is 0.388 e. The molecule has 88 valence electrons. The normalized spacial score (nSPS) is 8.94. The van der Waals surface area contributed by atoms with E-state index in [0.717, 1.165) is 0 Å². The molecule has 16 heavy (non-hydrogen) atoms. The topological polar surface area (TPSA) is 112 Å². The Bertz CT molecular complexity index is 382. The molecule has 0 heterocycles. The molecule has 0 aliphatic rings. The lowest BCUT2D eigenvalue weighted by molar-refractivity contribution is -0.392. The van der Waals surface area contributed by atoms with Crippen LogP contribution in [0.2, 0.25) is 0 Å². The third kappa shape index (κ3) is 2.91. The van der Waals surface area contributed by atoms with E-state index >= 15 is 0 Å². The lowest BCUT2D eigenvalue weighted by Crippen LogP contribution is -2.01. The number of nitrogens with two attached hydrogens (primary N) is 1. The second-order valence-corrected chi connectivity index (χ2v) is 2.73. The average Bonchev–Trinajstić information content (AvgIpc) is 2.23. The van der Waals surface area contributed by atoms with Gasteiger partial charge >= 0.3 is 0 Å². The Morgan fingerprint density at radius 1 is 1.06 bits per heavy atom. The number of nitro benzene ring substituents is 2. The summed E-state index contributed by atoms with van der Waals surface area (Å²) < 4.78 is 0. The molecule has 0 spiro atoms. The molecule has 7 heteroatoms. The molecule has 0 aliphatic carbocycles. The zero-order chi connectivity index (χ0) is 12.9. The molecule has 0 saturated heterocycles. The SMILES string of the molecule is CC.Cc1cc([N+](=O)[O-])c(N)c([N+](=O)[O-])c1. The fourth-order valence-corrected chi connectivity index (χ4v) is 1.06. The van der Waals surface area contributed by atoms with Crippen LogP contribution in [0.1, 0.15) is 19.4 Å². The van der Waals surface area contributed by atoms with Gasteiger partial charge in [0.2, 0.25) is 0 Å². The van der Waals surface area contributed by atoms with Gasteiger partial charge in [-0.3, -0.25) is 20.2 Å². The van der Waals surface area contributed by atoms with E-state index in [-0.39, 0.29) is 0 Å². The first kappa shape index (κ1) is 13.8. The number of nitrogen functional groups attached to an aromatic ring is 1. The number of benzene rings is 1. The van der Waals surface area contributed by atoms with Gasteiger partial charge in [0.1, 0.15) is 0 Å². The van der Waals surface area contributed by atoms with Crippen molar-refractivity contribution < 1.29 is 9.85 Å². The van der Waals surface area contributed by atoms with Gasteiger partial charge in [-0.15, -0.1) is 0 Å². The van der Waals surface area contributed by atoms with Gasteiger partial charge in [-0.25, -0.2) is 0 Å². The zero-order valence-corrected chi connectivity index (χ0v) is 9.26. The Balaban J connectivity index is 0.00000106. The van der Waals surface area contributed by atoms with Crippen molar-refractivity contribution >= 4 is 17.1 Å². The lowest BCUT2D eigenvalue weighted by Gasteiger charge is -1.99. The second-order valence-electron chi connectivity index (χ2n) is 2.73. The maximum Gasteiger partial charge on any atom is 0.299 e. The number of nitrogens with zero attached hydrogens (tertiary/aromatic N) is 2. The van der Waals surface area contributed by atoms with E-state index in [2.05, 4.69) is 0 Å². The standard InChI is InChI=1S/C7H7N3O4.C2H6/c1-4-2-5(9(11)12)7(8)6(3-4)10(13)14;1-2/h2-3H,8H2,1H3;1-2H3. The number of hydrogen-bond acceptors (Lipinski definition) is 5. The number of aryl methyl sites for hydroxylation is 1. The molecule has 1 rings (SSSR count). The first-order valence-corrected chi connectivity index (χ1v) is 4.62. The van der Waals surface area contributed by atoms with Crippen molar-refractivity contribution in [2.45, 2.75) is 20.8 Å². The van der Waals surface area contributed by atoms with Gasteiger partial charge in [0, 0.05) is 12.1 Å². The van der Waals surface area contributed by atoms with Gasteiger partial charge in [-0.1, -0.05) is 13.8 Å². The highest BCUT2D eigenvalue weighted by Gasteiger charge is 2.22. The highest BCUT2D eigenvalue weighted by Crippen LogP contribution is 2.32. The summed E-state index contributed by atoms with van der Waals surface area (Å²) in [4.78, 5) is 19.4. The summed E-state index contributed by atoms with van der Waals surface area (Å²) in [6.07, 6.45) is 0. The molecule has 7 nitrogen and oxygen atoms in total. The van der Waals surface area contributed by atoms with Crippen LogP contribution in [0.15, 0.2) is 12.1 Å². The van der Waals surface area contributed by atoms with Gasteiger partial charge in [-0.2, -0.15) is 0 Å². The van der Waals surface area contributed by atoms with Crippen LogP contribution in [-0.2, 0) is 0 Å². The quantitative estimate of drug-likeness (QED) is 0.473. The number of hydrogen-bond donors (Lipinski definition) is 1. The highest BCUT2D eigenvalue weighted by atomic mass is 16.6. The molecule has 0 fully saturated rings. The third-order valence-corrected chi connectivity index (χ3v) is 1.67. The maximum atomic E-state index is 10.5. The highest BCUT2D eigenvalue weighted by molar-refractivity contribution is 5.71. The fraction of sp³-hybridized carbons (Fsp3) is 0.333. The van der Waals surface area contributed by atoms with E-state index in [1.165, 1.54) is 19.1 Å². The van der Waals surface area contributed by atoms with Crippen molar-refractivity contribution in [3.8, 4) is 0 Å². The van der Waals surface area contributed by atoms with E-state index in [9.17, 15) is 20.2 Å². The average molecular weight is 227 g/mol. The van der Waals surface area contributed by atoms with E-state index in [4.69, 9.17) is 5.73 Å². The summed E-state index contributed by atoms with van der Waals surface area (Å²) in [5.74, 6) is 0. The molecule has 0 saturated carbocycles. The van der Waals surface area contributed by atoms with Crippen LogP contribution in [0.4, 0.5) is 17.1 Å². The van der Waals surface area contributed by atoms with Crippen molar-refractivity contribution in [2.24, 2.45) is 0 Å². The van der Waals surface area contributed by atoms with Gasteiger partial charge in [0.15, 0.2) is 5.69 Å². The summed E-state index contributed by atoms with van der Waals surface area (Å²) >= 11 is 0. The minimum Gasteiger partial charge on any atom is -0.388 e. The smallest absolute Gasteiger partial charge is 0.299 e. The van der Waals surface area contributed by atoms with E-state index in [1.54, 1.807) is 0 Å². The molecule has 1 aromatic carbocycles. The minimum absolute atomic E-state index is 0.411. The molecule has 0 aromatic heterocycles. The molecular weight excluding hydrogens is 214 g/mol. The summed E-state index contributed by atoms with van der Waals surface area (Å²) in [5.41, 5.74) is 4.42. The molecule has 2 N–H and O–H groups in total. The first-order valence-electron chi connectivity index (χ1n) is 4.62. The van der Waals surface area contributed by atoms with Crippen molar-refractivity contribution in [3.63, 3.8) is 0 Å². The molecule has 0 amide bonds. The summed E-state index contributed by atoms with van der Waals surface area (Å²) in [5, 5.41) is 20.9. The Labute approximate surface area is 92.2 Å².